The predicted octanol–water partition coefficient (Wildman–Crippen LogP) is 4.03. The highest BCUT2D eigenvalue weighted by atomic mass is 16.2. The van der Waals surface area contributed by atoms with Gasteiger partial charge < -0.3 is 0 Å². The van der Waals surface area contributed by atoms with Crippen LogP contribution in [-0.2, 0) is 6.42 Å². The lowest BCUT2D eigenvalue weighted by Gasteiger charge is -2.02. The highest BCUT2D eigenvalue weighted by Crippen LogP contribution is 2.22. The topological polar surface area (TPSA) is 22.0 Å². The van der Waals surface area contributed by atoms with Crippen molar-refractivity contribution in [2.75, 3.05) is 0 Å². The number of hydrogen-bond donors (Lipinski definition) is 0. The zero-order valence-electron chi connectivity index (χ0n) is 10.6. The minimum absolute atomic E-state index is 0.211. The summed E-state index contributed by atoms with van der Waals surface area (Å²) in [7, 11) is 0. The van der Waals surface area contributed by atoms with Crippen LogP contribution in [0.25, 0.3) is 10.9 Å². The van der Waals surface area contributed by atoms with Gasteiger partial charge in [-0.2, -0.15) is 0 Å². The van der Waals surface area contributed by atoms with Crippen molar-refractivity contribution >= 4 is 16.8 Å². The third-order valence-electron chi connectivity index (χ3n) is 3.19. The number of fused-ring (bicyclic) bond motifs is 1. The Bertz CT molecular complexity index is 525. The molecule has 2 heteroatoms. The lowest BCUT2D eigenvalue weighted by Crippen LogP contribution is -2.08. The second-order valence-electron chi connectivity index (χ2n) is 4.39. The molecule has 90 valence electrons. The molecule has 0 aliphatic rings. The summed E-state index contributed by atoms with van der Waals surface area (Å²) < 4.78 is 1.82. The van der Waals surface area contributed by atoms with Crippen LogP contribution in [-0.4, -0.2) is 10.5 Å². The molecule has 1 heterocycles. The number of aromatic nitrogens is 1. The third-order valence-corrected chi connectivity index (χ3v) is 3.19. The number of benzene rings is 1. The fraction of sp³-hybridized carbons (Fsp3) is 0.400. The zero-order valence-corrected chi connectivity index (χ0v) is 10.6. The standard InChI is InChI=1S/C15H19NO/c1-3-5-10-15(17)16-11-12(4-2)13-8-6-7-9-14(13)16/h6-9,11H,3-5,10H2,1-2H3. The monoisotopic (exact) mass is 229 g/mol. The van der Waals surface area contributed by atoms with Gasteiger partial charge in [-0.05, 0) is 24.5 Å². The first-order chi connectivity index (χ1) is 8.27. The Morgan fingerprint density at radius 3 is 2.71 bits per heavy atom. The van der Waals surface area contributed by atoms with E-state index in [0.717, 1.165) is 24.8 Å². The Hall–Kier alpha value is -1.57. The van der Waals surface area contributed by atoms with Gasteiger partial charge in [-0.3, -0.25) is 9.36 Å². The number of unbranched alkanes of at least 4 members (excludes halogenated alkanes) is 1. The van der Waals surface area contributed by atoms with E-state index in [-0.39, 0.29) is 5.91 Å². The second kappa shape index (κ2) is 5.17. The molecular formula is C15H19NO. The third kappa shape index (κ3) is 2.26. The van der Waals surface area contributed by atoms with Crippen LogP contribution in [0.15, 0.2) is 30.5 Å². The van der Waals surface area contributed by atoms with Gasteiger partial charge in [-0.1, -0.05) is 38.5 Å². The first-order valence-corrected chi connectivity index (χ1v) is 6.40. The minimum atomic E-state index is 0.211. The minimum Gasteiger partial charge on any atom is -0.287 e. The number of carbonyl (C=O) groups excluding carboxylic acids is 1. The van der Waals surface area contributed by atoms with E-state index in [4.69, 9.17) is 0 Å². The van der Waals surface area contributed by atoms with Crippen LogP contribution in [0, 0.1) is 0 Å². The fourth-order valence-corrected chi connectivity index (χ4v) is 2.19. The molecule has 2 rings (SSSR count). The molecule has 1 aromatic heterocycles. The first-order valence-electron chi connectivity index (χ1n) is 6.40. The van der Waals surface area contributed by atoms with Crippen molar-refractivity contribution in [3.63, 3.8) is 0 Å². The number of nitrogens with zero attached hydrogens (tertiary/aromatic N) is 1. The largest absolute Gasteiger partial charge is 0.287 e. The summed E-state index contributed by atoms with van der Waals surface area (Å²) in [5.74, 6) is 0.211. The van der Waals surface area contributed by atoms with Crippen molar-refractivity contribution in [1.29, 1.82) is 0 Å². The Labute approximate surface area is 102 Å². The highest BCUT2D eigenvalue weighted by Gasteiger charge is 2.11. The smallest absolute Gasteiger partial charge is 0.231 e. The number of hydrogen-bond acceptors (Lipinski definition) is 1. The van der Waals surface area contributed by atoms with E-state index in [1.54, 1.807) is 0 Å². The van der Waals surface area contributed by atoms with Crippen molar-refractivity contribution < 1.29 is 4.79 Å². The molecule has 0 aliphatic carbocycles. The summed E-state index contributed by atoms with van der Waals surface area (Å²) in [5, 5.41) is 1.21. The number of rotatable bonds is 4. The van der Waals surface area contributed by atoms with Crippen molar-refractivity contribution in [2.24, 2.45) is 0 Å². The quantitative estimate of drug-likeness (QED) is 0.775. The molecule has 0 unspecified atom stereocenters. The van der Waals surface area contributed by atoms with E-state index in [9.17, 15) is 4.79 Å². The molecular weight excluding hydrogens is 210 g/mol. The van der Waals surface area contributed by atoms with Gasteiger partial charge in [0.2, 0.25) is 5.91 Å². The second-order valence-corrected chi connectivity index (χ2v) is 4.39. The molecule has 0 spiro atoms. The van der Waals surface area contributed by atoms with Gasteiger partial charge in [0.1, 0.15) is 0 Å². The predicted molar refractivity (Wildman–Crippen MR) is 71.5 cm³/mol. The molecule has 2 aromatic rings. The lowest BCUT2D eigenvalue weighted by atomic mass is 10.1. The van der Waals surface area contributed by atoms with Crippen LogP contribution in [0.1, 0.15) is 43.5 Å². The number of aryl methyl sites for hydroxylation is 1. The molecule has 1 aromatic carbocycles. The van der Waals surface area contributed by atoms with Crippen LogP contribution < -0.4 is 0 Å². The molecule has 0 atom stereocenters. The summed E-state index contributed by atoms with van der Waals surface area (Å²) >= 11 is 0. The molecule has 0 aliphatic heterocycles. The maximum atomic E-state index is 12.1. The molecule has 0 fully saturated rings. The van der Waals surface area contributed by atoms with Gasteiger partial charge in [0.05, 0.1) is 5.52 Å². The summed E-state index contributed by atoms with van der Waals surface area (Å²) in [6.07, 6.45) is 5.63. The summed E-state index contributed by atoms with van der Waals surface area (Å²) in [4.78, 5) is 12.1. The molecule has 0 N–H and O–H groups in total. The Balaban J connectivity index is 2.43. The van der Waals surface area contributed by atoms with Crippen LogP contribution in [0.3, 0.4) is 0 Å². The zero-order chi connectivity index (χ0) is 12.3. The van der Waals surface area contributed by atoms with Gasteiger partial charge >= 0.3 is 0 Å². The normalized spacial score (nSPS) is 10.9. The molecule has 0 bridgehead atoms. The van der Waals surface area contributed by atoms with E-state index in [2.05, 4.69) is 19.9 Å². The molecule has 2 nitrogen and oxygen atoms in total. The summed E-state index contributed by atoms with van der Waals surface area (Å²) in [6.45, 7) is 4.24. The molecule has 0 amide bonds. The number of para-hydroxylation sites is 1. The van der Waals surface area contributed by atoms with Crippen LogP contribution in [0.4, 0.5) is 0 Å². The average Bonchev–Trinajstić information content (AvgIpc) is 2.75. The van der Waals surface area contributed by atoms with E-state index < -0.39 is 0 Å². The average molecular weight is 229 g/mol. The van der Waals surface area contributed by atoms with E-state index >= 15 is 0 Å². The van der Waals surface area contributed by atoms with Crippen molar-refractivity contribution in [2.45, 2.75) is 39.5 Å². The van der Waals surface area contributed by atoms with Crippen molar-refractivity contribution in [3.8, 4) is 0 Å². The van der Waals surface area contributed by atoms with Crippen molar-refractivity contribution in [1.82, 2.24) is 4.57 Å². The van der Waals surface area contributed by atoms with E-state index in [0.29, 0.717) is 6.42 Å². The van der Waals surface area contributed by atoms with Crippen LogP contribution in [0.5, 0.6) is 0 Å². The van der Waals surface area contributed by atoms with E-state index in [1.165, 1.54) is 10.9 Å². The Kier molecular flexibility index (Phi) is 3.62. The van der Waals surface area contributed by atoms with Gasteiger partial charge in [-0.15, -0.1) is 0 Å². The summed E-state index contributed by atoms with van der Waals surface area (Å²) in [6, 6.07) is 8.14. The molecule has 17 heavy (non-hydrogen) atoms. The fourth-order valence-electron chi connectivity index (χ4n) is 2.19. The van der Waals surface area contributed by atoms with Gasteiger partial charge in [-0.25, -0.2) is 0 Å². The molecule has 0 saturated carbocycles. The Morgan fingerprint density at radius 2 is 2.00 bits per heavy atom. The maximum absolute atomic E-state index is 12.1. The number of carbonyl (C=O) groups is 1. The molecule has 0 radical (unpaired) electrons. The van der Waals surface area contributed by atoms with E-state index in [1.807, 2.05) is 29.0 Å². The van der Waals surface area contributed by atoms with Gasteiger partial charge in [0, 0.05) is 18.0 Å². The SMILES string of the molecule is CCCCC(=O)n1cc(CC)c2ccccc21. The van der Waals surface area contributed by atoms with Crippen molar-refractivity contribution in [3.05, 3.63) is 36.0 Å². The van der Waals surface area contributed by atoms with Gasteiger partial charge in [0.15, 0.2) is 0 Å². The van der Waals surface area contributed by atoms with Crippen LogP contribution >= 0.6 is 0 Å². The lowest BCUT2D eigenvalue weighted by molar-refractivity contribution is 0.0905. The first kappa shape index (κ1) is 11.9. The molecule has 0 saturated heterocycles. The van der Waals surface area contributed by atoms with Crippen LogP contribution in [0.2, 0.25) is 0 Å². The highest BCUT2D eigenvalue weighted by molar-refractivity contribution is 5.94. The van der Waals surface area contributed by atoms with Gasteiger partial charge in [0.25, 0.3) is 0 Å². The maximum Gasteiger partial charge on any atom is 0.231 e. The summed E-state index contributed by atoms with van der Waals surface area (Å²) in [5.41, 5.74) is 2.30. The Morgan fingerprint density at radius 1 is 1.24 bits per heavy atom.